The zero-order valence-corrected chi connectivity index (χ0v) is 12.2. The van der Waals surface area contributed by atoms with E-state index in [-0.39, 0.29) is 12.1 Å². The zero-order valence-electron chi connectivity index (χ0n) is 11.3. The molecule has 1 fully saturated rings. The van der Waals surface area contributed by atoms with Gasteiger partial charge in [-0.2, -0.15) is 11.3 Å². The molecule has 3 nitrogen and oxygen atoms in total. The Kier molecular flexibility index (Phi) is 4.40. The summed E-state index contributed by atoms with van der Waals surface area (Å²) in [5.41, 5.74) is 1.21. The minimum Gasteiger partial charge on any atom is -0.319 e. The summed E-state index contributed by atoms with van der Waals surface area (Å²) in [7, 11) is 0. The number of hydrogen-bond acceptors (Lipinski definition) is 3. The van der Waals surface area contributed by atoms with Crippen LogP contribution in [0.4, 0.5) is 0 Å². The summed E-state index contributed by atoms with van der Waals surface area (Å²) in [6, 6.07) is 2.40. The van der Waals surface area contributed by atoms with Crippen molar-refractivity contribution in [3.8, 4) is 0 Å². The molecule has 2 heterocycles. The van der Waals surface area contributed by atoms with Crippen LogP contribution < -0.4 is 5.32 Å². The molecule has 1 saturated heterocycles. The van der Waals surface area contributed by atoms with Crippen LogP contribution >= 0.6 is 11.3 Å². The highest BCUT2D eigenvalue weighted by atomic mass is 32.1. The van der Waals surface area contributed by atoms with Crippen molar-refractivity contribution < 1.29 is 4.79 Å². The van der Waals surface area contributed by atoms with Crippen LogP contribution in [0.3, 0.4) is 0 Å². The Hall–Kier alpha value is -0.870. The highest BCUT2D eigenvalue weighted by molar-refractivity contribution is 7.07. The quantitative estimate of drug-likeness (QED) is 0.888. The molecule has 0 spiro atoms. The van der Waals surface area contributed by atoms with Crippen molar-refractivity contribution >= 4 is 17.2 Å². The fourth-order valence-corrected chi connectivity index (χ4v) is 3.27. The Morgan fingerprint density at radius 2 is 2.33 bits per heavy atom. The molecule has 100 valence electrons. The molecule has 1 aromatic heterocycles. The Bertz CT molecular complexity index is 391. The summed E-state index contributed by atoms with van der Waals surface area (Å²) in [6.07, 6.45) is 2.32. The number of hydrogen-bond donors (Lipinski definition) is 1. The maximum atomic E-state index is 12.1. The lowest BCUT2D eigenvalue weighted by atomic mass is 9.99. The molecule has 3 unspecified atom stereocenters. The summed E-state index contributed by atoms with van der Waals surface area (Å²) < 4.78 is 0. The summed E-state index contributed by atoms with van der Waals surface area (Å²) in [5.74, 6) is 0.888. The maximum absolute atomic E-state index is 12.1. The van der Waals surface area contributed by atoms with Crippen molar-refractivity contribution in [2.24, 2.45) is 5.92 Å². The fourth-order valence-electron chi connectivity index (χ4n) is 2.59. The topological polar surface area (TPSA) is 32.3 Å². The van der Waals surface area contributed by atoms with Crippen molar-refractivity contribution in [2.45, 2.75) is 45.8 Å². The molecule has 4 heteroatoms. The minimum absolute atomic E-state index is 0.0720. The Morgan fingerprint density at radius 3 is 2.94 bits per heavy atom. The third-order valence-electron chi connectivity index (χ3n) is 3.79. The van der Waals surface area contributed by atoms with Gasteiger partial charge in [0.15, 0.2) is 0 Å². The fraction of sp³-hybridized carbons (Fsp3) is 0.643. The van der Waals surface area contributed by atoms with Gasteiger partial charge < -0.3 is 4.90 Å². The average molecular weight is 266 g/mol. The summed E-state index contributed by atoms with van der Waals surface area (Å²) in [5, 5.41) is 7.51. The zero-order chi connectivity index (χ0) is 13.1. The van der Waals surface area contributed by atoms with E-state index in [0.29, 0.717) is 18.5 Å². The smallest absolute Gasteiger partial charge is 0.238 e. The van der Waals surface area contributed by atoms with Crippen LogP contribution in [0.2, 0.25) is 0 Å². The largest absolute Gasteiger partial charge is 0.319 e. The van der Waals surface area contributed by atoms with Gasteiger partial charge >= 0.3 is 0 Å². The van der Waals surface area contributed by atoms with Crippen LogP contribution in [-0.2, 0) is 4.79 Å². The van der Waals surface area contributed by atoms with E-state index in [1.807, 2.05) is 4.90 Å². The van der Waals surface area contributed by atoms with E-state index in [1.54, 1.807) is 11.3 Å². The van der Waals surface area contributed by atoms with E-state index in [9.17, 15) is 4.79 Å². The lowest BCUT2D eigenvalue weighted by Gasteiger charge is -2.31. The second kappa shape index (κ2) is 5.85. The highest BCUT2D eigenvalue weighted by Crippen LogP contribution is 2.28. The molecule has 1 N–H and O–H groups in total. The number of carbonyl (C=O) groups excluding carboxylic acids is 1. The molecule has 18 heavy (non-hydrogen) atoms. The van der Waals surface area contributed by atoms with Gasteiger partial charge in [0.1, 0.15) is 6.17 Å². The number of carbonyl (C=O) groups is 1. The van der Waals surface area contributed by atoms with E-state index < -0.39 is 0 Å². The van der Waals surface area contributed by atoms with E-state index in [2.05, 4.69) is 42.9 Å². The SMILES string of the molecule is CCC(C)CC(C)N1C(=O)CNC1c1ccsc1. The van der Waals surface area contributed by atoms with E-state index in [0.717, 1.165) is 6.42 Å². The summed E-state index contributed by atoms with van der Waals surface area (Å²) in [6.45, 7) is 7.09. The predicted molar refractivity (Wildman–Crippen MR) is 75.4 cm³/mol. The summed E-state index contributed by atoms with van der Waals surface area (Å²) >= 11 is 1.68. The molecule has 3 atom stereocenters. The lowest BCUT2D eigenvalue weighted by molar-refractivity contribution is -0.130. The lowest BCUT2D eigenvalue weighted by Crippen LogP contribution is -2.38. The average Bonchev–Trinajstić information content (AvgIpc) is 2.97. The molecule has 2 rings (SSSR count). The number of amides is 1. The molecule has 0 aliphatic carbocycles. The molecule has 1 aliphatic heterocycles. The first-order chi connectivity index (χ1) is 8.63. The Balaban J connectivity index is 2.10. The van der Waals surface area contributed by atoms with Crippen LogP contribution in [0.25, 0.3) is 0 Å². The molecule has 1 aliphatic rings. The van der Waals surface area contributed by atoms with E-state index >= 15 is 0 Å². The number of nitrogens with one attached hydrogen (secondary N) is 1. The molecular formula is C14H22N2OS. The Morgan fingerprint density at radius 1 is 1.56 bits per heavy atom. The van der Waals surface area contributed by atoms with Crippen LogP contribution in [0.5, 0.6) is 0 Å². The van der Waals surface area contributed by atoms with Gasteiger partial charge in [-0.1, -0.05) is 20.3 Å². The third-order valence-corrected chi connectivity index (χ3v) is 4.49. The maximum Gasteiger partial charge on any atom is 0.238 e. The van der Waals surface area contributed by atoms with Crippen LogP contribution in [0.1, 0.15) is 45.3 Å². The van der Waals surface area contributed by atoms with E-state index in [1.165, 1.54) is 12.0 Å². The molecule has 0 saturated carbocycles. The molecule has 1 aromatic rings. The van der Waals surface area contributed by atoms with Crippen molar-refractivity contribution in [1.29, 1.82) is 0 Å². The van der Waals surface area contributed by atoms with Crippen LogP contribution in [0, 0.1) is 5.92 Å². The van der Waals surface area contributed by atoms with Crippen LogP contribution in [-0.4, -0.2) is 23.4 Å². The molecule has 0 bridgehead atoms. The standard InChI is InChI=1S/C14H22N2OS/c1-4-10(2)7-11(3)16-13(17)8-15-14(16)12-5-6-18-9-12/h5-6,9-11,14-15H,4,7-8H2,1-3H3. The van der Waals surface area contributed by atoms with Crippen LogP contribution in [0.15, 0.2) is 16.8 Å². The molecular weight excluding hydrogens is 244 g/mol. The van der Waals surface area contributed by atoms with Gasteiger partial charge in [-0.15, -0.1) is 0 Å². The number of nitrogens with zero attached hydrogens (tertiary/aromatic N) is 1. The third kappa shape index (κ3) is 2.75. The molecule has 0 aromatic carbocycles. The van der Waals surface area contributed by atoms with Gasteiger partial charge in [-0.3, -0.25) is 10.1 Å². The highest BCUT2D eigenvalue weighted by Gasteiger charge is 2.35. The van der Waals surface area contributed by atoms with Gasteiger partial charge in [-0.25, -0.2) is 0 Å². The van der Waals surface area contributed by atoms with Gasteiger partial charge in [-0.05, 0) is 41.7 Å². The normalized spacial score (nSPS) is 23.4. The van der Waals surface area contributed by atoms with Crippen molar-refractivity contribution in [1.82, 2.24) is 10.2 Å². The number of thiophene rings is 1. The van der Waals surface area contributed by atoms with E-state index in [4.69, 9.17) is 0 Å². The van der Waals surface area contributed by atoms with Gasteiger partial charge in [0, 0.05) is 6.04 Å². The molecule has 0 radical (unpaired) electrons. The van der Waals surface area contributed by atoms with Crippen molar-refractivity contribution in [3.05, 3.63) is 22.4 Å². The second-order valence-corrected chi connectivity index (χ2v) is 6.02. The first-order valence-corrected chi connectivity index (χ1v) is 7.64. The summed E-state index contributed by atoms with van der Waals surface area (Å²) in [4.78, 5) is 14.1. The predicted octanol–water partition coefficient (Wildman–Crippen LogP) is 3.00. The number of rotatable bonds is 5. The minimum atomic E-state index is 0.0720. The Labute approximate surface area is 113 Å². The van der Waals surface area contributed by atoms with Crippen molar-refractivity contribution in [2.75, 3.05) is 6.54 Å². The van der Waals surface area contributed by atoms with Gasteiger partial charge in [0.2, 0.25) is 5.91 Å². The first kappa shape index (κ1) is 13.6. The van der Waals surface area contributed by atoms with Crippen molar-refractivity contribution in [3.63, 3.8) is 0 Å². The first-order valence-electron chi connectivity index (χ1n) is 6.70. The van der Waals surface area contributed by atoms with Gasteiger partial charge in [0.05, 0.1) is 6.54 Å². The monoisotopic (exact) mass is 266 g/mol. The second-order valence-electron chi connectivity index (χ2n) is 5.24. The van der Waals surface area contributed by atoms with Gasteiger partial charge in [0.25, 0.3) is 0 Å². The molecule has 1 amide bonds.